The van der Waals surface area contributed by atoms with Crippen molar-refractivity contribution in [2.45, 2.75) is 45.1 Å². The number of halogens is 3. The first-order valence-electron chi connectivity index (χ1n) is 14.6. The van der Waals surface area contributed by atoms with Crippen molar-refractivity contribution in [3.05, 3.63) is 83.4 Å². The molecule has 3 N–H and O–H groups in total. The van der Waals surface area contributed by atoms with Gasteiger partial charge in [0.05, 0.1) is 31.7 Å². The van der Waals surface area contributed by atoms with Gasteiger partial charge in [0.15, 0.2) is 0 Å². The highest BCUT2D eigenvalue weighted by atomic mass is 19.4. The fraction of sp³-hybridized carbons (Fsp3) is 0.394. The van der Waals surface area contributed by atoms with Crippen molar-refractivity contribution in [2.24, 2.45) is 5.92 Å². The topological polar surface area (TPSA) is 103 Å². The zero-order valence-electron chi connectivity index (χ0n) is 25.7. The smallest absolute Gasteiger partial charge is 0.416 e. The van der Waals surface area contributed by atoms with Crippen molar-refractivity contribution >= 4 is 23.3 Å². The Hall–Kier alpha value is -4.29. The number of carbonyl (C=O) groups excluding carboxylic acids is 2. The fourth-order valence-corrected chi connectivity index (χ4v) is 5.18. The van der Waals surface area contributed by atoms with E-state index in [1.807, 2.05) is 18.9 Å². The van der Waals surface area contributed by atoms with Crippen LogP contribution in [0.3, 0.4) is 0 Å². The Morgan fingerprint density at radius 3 is 2.36 bits per heavy atom. The van der Waals surface area contributed by atoms with E-state index in [1.54, 1.807) is 61.4 Å². The molecule has 3 atom stereocenters. The third kappa shape index (κ3) is 9.11. The number of nitrogens with zero attached hydrogens (tertiary/aromatic N) is 2. The van der Waals surface area contributed by atoms with Gasteiger partial charge < -0.3 is 30.1 Å². The quantitative estimate of drug-likeness (QED) is 0.284. The summed E-state index contributed by atoms with van der Waals surface area (Å²) in [5.74, 6) is 0.804. The molecule has 3 aromatic rings. The lowest BCUT2D eigenvalue weighted by Crippen LogP contribution is -2.47. The molecule has 0 aliphatic carbocycles. The zero-order chi connectivity index (χ0) is 32.7. The van der Waals surface area contributed by atoms with Gasteiger partial charge in [-0.15, -0.1) is 0 Å². The lowest BCUT2D eigenvalue weighted by Gasteiger charge is -2.34. The minimum Gasteiger partial charge on any atom is -0.497 e. The number of anilines is 2. The van der Waals surface area contributed by atoms with Gasteiger partial charge >= 0.3 is 12.2 Å². The third-order valence-corrected chi connectivity index (χ3v) is 7.75. The lowest BCUT2D eigenvalue weighted by atomic mass is 10.0. The fourth-order valence-electron chi connectivity index (χ4n) is 5.18. The van der Waals surface area contributed by atoms with E-state index in [-0.39, 0.29) is 24.9 Å². The monoisotopic (exact) mass is 628 g/mol. The van der Waals surface area contributed by atoms with Crippen LogP contribution in [-0.2, 0) is 23.9 Å². The molecule has 12 heteroatoms. The maximum Gasteiger partial charge on any atom is 0.416 e. The first kappa shape index (κ1) is 33.6. The number of nitrogens with one attached hydrogen (secondary N) is 2. The molecule has 0 bridgehead atoms. The van der Waals surface area contributed by atoms with Crippen LogP contribution in [0.2, 0.25) is 0 Å². The summed E-state index contributed by atoms with van der Waals surface area (Å²) < 4.78 is 50.7. The lowest BCUT2D eigenvalue weighted by molar-refractivity contribution is -0.137. The van der Waals surface area contributed by atoms with E-state index in [4.69, 9.17) is 9.47 Å². The van der Waals surface area contributed by atoms with Crippen molar-refractivity contribution in [3.63, 3.8) is 0 Å². The van der Waals surface area contributed by atoms with E-state index in [0.717, 1.165) is 17.7 Å². The molecule has 9 nitrogen and oxygen atoms in total. The number of likely N-dealkylation sites (N-methyl/N-ethyl adjacent to an activating group) is 1. The first-order chi connectivity index (χ1) is 21.4. The standard InChI is InChI=1S/C33H39F3N4O5/c1-21-17-40(22(2)20-41)31(42)16-24-15-27(38-32(43)37-26-9-12-28(44-4)13-10-26)11-14-29(24)45-30(21)19-39(3)18-23-5-7-25(8-6-23)33(34,35)36/h5-15,21-22,30,41H,16-20H2,1-4H3,(H2,37,38,43)/t21-,22+,30+/m1/s1. The maximum absolute atomic E-state index is 13.5. The normalized spacial score (nSPS) is 17.8. The van der Waals surface area contributed by atoms with Crippen molar-refractivity contribution in [2.75, 3.05) is 44.5 Å². The Morgan fingerprint density at radius 1 is 1.09 bits per heavy atom. The van der Waals surface area contributed by atoms with Gasteiger partial charge in [0.1, 0.15) is 17.6 Å². The van der Waals surface area contributed by atoms with Crippen molar-refractivity contribution in [3.8, 4) is 11.5 Å². The van der Waals surface area contributed by atoms with Crippen LogP contribution in [0.25, 0.3) is 0 Å². The Morgan fingerprint density at radius 2 is 1.73 bits per heavy atom. The molecule has 1 heterocycles. The van der Waals surface area contributed by atoms with Crippen LogP contribution in [-0.4, -0.2) is 72.8 Å². The molecule has 3 amide bonds. The van der Waals surface area contributed by atoms with Crippen LogP contribution in [0, 0.1) is 5.92 Å². The number of aliphatic hydroxyl groups is 1. The van der Waals surface area contributed by atoms with E-state index in [9.17, 15) is 27.9 Å². The van der Waals surface area contributed by atoms with E-state index in [0.29, 0.717) is 48.1 Å². The van der Waals surface area contributed by atoms with Crippen LogP contribution < -0.4 is 20.1 Å². The number of fused-ring (bicyclic) bond motifs is 1. The third-order valence-electron chi connectivity index (χ3n) is 7.75. The minimum absolute atomic E-state index is 0.00384. The van der Waals surface area contributed by atoms with Gasteiger partial charge in [-0.3, -0.25) is 9.69 Å². The number of alkyl halides is 3. The number of benzene rings is 3. The van der Waals surface area contributed by atoms with Crippen LogP contribution >= 0.6 is 0 Å². The van der Waals surface area contributed by atoms with Crippen LogP contribution in [0.15, 0.2) is 66.7 Å². The SMILES string of the molecule is COc1ccc(NC(=O)Nc2ccc3c(c2)CC(=O)N([C@@H](C)CO)C[C@@H](C)[C@H](CN(C)Cc2ccc(C(F)(F)F)cc2)O3)cc1. The van der Waals surface area contributed by atoms with Crippen LogP contribution in [0.4, 0.5) is 29.3 Å². The maximum atomic E-state index is 13.5. The number of methoxy groups -OCH3 is 1. The average molecular weight is 629 g/mol. The second-order valence-electron chi connectivity index (χ2n) is 11.4. The number of aliphatic hydroxyl groups excluding tert-OH is 1. The molecule has 1 aliphatic rings. The number of ether oxygens (including phenoxy) is 2. The summed E-state index contributed by atoms with van der Waals surface area (Å²) in [5.41, 5.74) is 1.62. The molecule has 0 fully saturated rings. The molecule has 0 spiro atoms. The Balaban J connectivity index is 1.53. The predicted octanol–water partition coefficient (Wildman–Crippen LogP) is 5.64. The highest BCUT2D eigenvalue weighted by Gasteiger charge is 2.32. The second kappa shape index (κ2) is 14.7. The number of urea groups is 1. The molecule has 0 saturated heterocycles. The van der Waals surface area contributed by atoms with Gasteiger partial charge in [0.25, 0.3) is 0 Å². The molecule has 1 aliphatic heterocycles. The summed E-state index contributed by atoms with van der Waals surface area (Å²) in [4.78, 5) is 29.8. The van der Waals surface area contributed by atoms with Gasteiger partial charge in [-0.25, -0.2) is 4.79 Å². The van der Waals surface area contributed by atoms with Gasteiger partial charge in [-0.2, -0.15) is 13.2 Å². The van der Waals surface area contributed by atoms with Crippen LogP contribution in [0.1, 0.15) is 30.5 Å². The molecule has 0 unspecified atom stereocenters. The largest absolute Gasteiger partial charge is 0.497 e. The average Bonchev–Trinajstić information content (AvgIpc) is 3.04. The summed E-state index contributed by atoms with van der Waals surface area (Å²) in [5, 5.41) is 15.4. The van der Waals surface area contributed by atoms with Gasteiger partial charge in [-0.1, -0.05) is 19.1 Å². The molecule has 4 rings (SSSR count). The van der Waals surface area contributed by atoms with E-state index >= 15 is 0 Å². The molecule has 0 aromatic heterocycles. The highest BCUT2D eigenvalue weighted by molar-refractivity contribution is 6.00. The van der Waals surface area contributed by atoms with Crippen LogP contribution in [0.5, 0.6) is 11.5 Å². The first-order valence-corrected chi connectivity index (χ1v) is 14.6. The molecule has 45 heavy (non-hydrogen) atoms. The van der Waals surface area contributed by atoms with Gasteiger partial charge in [-0.05, 0) is 74.1 Å². The summed E-state index contributed by atoms with van der Waals surface area (Å²) in [6, 6.07) is 16.1. The highest BCUT2D eigenvalue weighted by Crippen LogP contribution is 2.31. The molecule has 242 valence electrons. The summed E-state index contributed by atoms with van der Waals surface area (Å²) in [6.07, 6.45) is -4.81. The van der Waals surface area contributed by atoms with Crippen molar-refractivity contribution in [1.29, 1.82) is 0 Å². The Labute approximate surface area is 260 Å². The van der Waals surface area contributed by atoms with E-state index in [2.05, 4.69) is 10.6 Å². The number of rotatable bonds is 9. The van der Waals surface area contributed by atoms with Gasteiger partial charge in [0.2, 0.25) is 5.91 Å². The molecular formula is C33H39F3N4O5. The molecule has 0 saturated carbocycles. The Bertz CT molecular complexity index is 1450. The minimum atomic E-state index is -4.40. The summed E-state index contributed by atoms with van der Waals surface area (Å²) in [6.45, 7) is 4.67. The number of amides is 3. The second-order valence-corrected chi connectivity index (χ2v) is 11.4. The van der Waals surface area contributed by atoms with Crippen molar-refractivity contribution in [1.82, 2.24) is 9.80 Å². The predicted molar refractivity (Wildman–Crippen MR) is 165 cm³/mol. The van der Waals surface area contributed by atoms with Crippen molar-refractivity contribution < 1.29 is 37.3 Å². The molecular weight excluding hydrogens is 589 g/mol. The zero-order valence-corrected chi connectivity index (χ0v) is 25.7. The Kier molecular flexibility index (Phi) is 10.9. The molecule has 3 aromatic carbocycles. The van der Waals surface area contributed by atoms with Gasteiger partial charge in [0, 0.05) is 42.5 Å². The molecule has 0 radical (unpaired) electrons. The number of hydrogen-bond donors (Lipinski definition) is 3. The summed E-state index contributed by atoms with van der Waals surface area (Å²) >= 11 is 0. The summed E-state index contributed by atoms with van der Waals surface area (Å²) in [7, 11) is 3.41. The number of carbonyl (C=O) groups is 2. The van der Waals surface area contributed by atoms with E-state index < -0.39 is 29.9 Å². The van der Waals surface area contributed by atoms with E-state index in [1.165, 1.54) is 12.1 Å². The number of hydrogen-bond acceptors (Lipinski definition) is 6.